The first-order valence-corrected chi connectivity index (χ1v) is 7.96. The van der Waals surface area contributed by atoms with Gasteiger partial charge in [0, 0.05) is 12.0 Å². The Kier molecular flexibility index (Phi) is 5.33. The van der Waals surface area contributed by atoms with Gasteiger partial charge in [-0.2, -0.15) is 0 Å². The number of carbonyl (C=O) groups excluding carboxylic acids is 1. The second kappa shape index (κ2) is 7.09. The Morgan fingerprint density at radius 2 is 2.29 bits per heavy atom. The molecule has 0 radical (unpaired) electrons. The summed E-state index contributed by atoms with van der Waals surface area (Å²) in [5.74, 6) is 4.83. The SMILES string of the molecule is C=CC1=CC(F)=CC1NC(=O)/C(OCC1(C)CC1)=C(\N)N(N)CC. The molecule has 0 aromatic carbocycles. The van der Waals surface area contributed by atoms with Crippen LogP contribution < -0.4 is 16.9 Å². The number of nitrogens with two attached hydrogens (primary N) is 2. The number of hydrogen-bond acceptors (Lipinski definition) is 5. The molecule has 0 aromatic rings. The van der Waals surface area contributed by atoms with Crippen LogP contribution in [-0.2, 0) is 9.53 Å². The van der Waals surface area contributed by atoms with Gasteiger partial charge < -0.3 is 15.8 Å². The predicted molar refractivity (Wildman–Crippen MR) is 90.5 cm³/mol. The lowest BCUT2D eigenvalue weighted by molar-refractivity contribution is -0.121. The Labute approximate surface area is 141 Å². The van der Waals surface area contributed by atoms with Crippen molar-refractivity contribution >= 4 is 5.91 Å². The number of amides is 1. The molecule has 5 N–H and O–H groups in total. The maximum atomic E-state index is 13.4. The van der Waals surface area contributed by atoms with E-state index < -0.39 is 17.8 Å². The number of hydrazine groups is 1. The van der Waals surface area contributed by atoms with Crippen molar-refractivity contribution in [3.63, 3.8) is 0 Å². The Morgan fingerprint density at radius 3 is 2.83 bits per heavy atom. The van der Waals surface area contributed by atoms with E-state index in [1.165, 1.54) is 23.2 Å². The molecule has 6 nitrogen and oxygen atoms in total. The van der Waals surface area contributed by atoms with Crippen molar-refractivity contribution in [1.82, 2.24) is 10.3 Å². The van der Waals surface area contributed by atoms with Gasteiger partial charge in [-0.3, -0.25) is 9.80 Å². The van der Waals surface area contributed by atoms with E-state index >= 15 is 0 Å². The highest BCUT2D eigenvalue weighted by Gasteiger charge is 2.39. The normalized spacial score (nSPS) is 22.1. The molecular weight excluding hydrogens is 311 g/mol. The molecule has 0 heterocycles. The maximum absolute atomic E-state index is 13.4. The Balaban J connectivity index is 2.15. The summed E-state index contributed by atoms with van der Waals surface area (Å²) in [5, 5.41) is 3.92. The van der Waals surface area contributed by atoms with Crippen LogP contribution in [0.15, 0.2) is 47.8 Å². The molecular formula is C17H25FN4O2. The van der Waals surface area contributed by atoms with Crippen molar-refractivity contribution in [3.8, 4) is 0 Å². The summed E-state index contributed by atoms with van der Waals surface area (Å²) in [4.78, 5) is 12.6. The van der Waals surface area contributed by atoms with Crippen molar-refractivity contribution in [1.29, 1.82) is 0 Å². The van der Waals surface area contributed by atoms with Gasteiger partial charge in [-0.1, -0.05) is 19.6 Å². The quantitative estimate of drug-likeness (QED) is 0.271. The van der Waals surface area contributed by atoms with Crippen LogP contribution in [0.25, 0.3) is 0 Å². The molecule has 0 saturated heterocycles. The number of allylic oxidation sites excluding steroid dienone is 2. The van der Waals surface area contributed by atoms with Crippen molar-refractivity contribution < 1.29 is 13.9 Å². The Morgan fingerprint density at radius 1 is 1.62 bits per heavy atom. The van der Waals surface area contributed by atoms with Gasteiger partial charge in [0.25, 0.3) is 5.91 Å². The number of carbonyl (C=O) groups is 1. The average Bonchev–Trinajstić information content (AvgIpc) is 3.17. The molecule has 1 fully saturated rings. The molecule has 0 spiro atoms. The summed E-state index contributed by atoms with van der Waals surface area (Å²) in [6.45, 7) is 8.29. The van der Waals surface area contributed by atoms with Crippen LogP contribution in [0.2, 0.25) is 0 Å². The maximum Gasteiger partial charge on any atom is 0.291 e. The number of halogens is 1. The van der Waals surface area contributed by atoms with Crippen LogP contribution in [0.3, 0.4) is 0 Å². The van der Waals surface area contributed by atoms with Crippen molar-refractivity contribution in [3.05, 3.63) is 47.8 Å². The van der Waals surface area contributed by atoms with Gasteiger partial charge in [-0.05, 0) is 37.5 Å². The van der Waals surface area contributed by atoms with E-state index in [1.807, 2.05) is 0 Å². The fourth-order valence-electron chi connectivity index (χ4n) is 2.23. The third-order valence-electron chi connectivity index (χ3n) is 4.27. The van der Waals surface area contributed by atoms with Crippen LogP contribution in [0.5, 0.6) is 0 Å². The summed E-state index contributed by atoms with van der Waals surface area (Å²) in [5.41, 5.74) is 6.60. The molecule has 1 unspecified atom stereocenters. The van der Waals surface area contributed by atoms with Gasteiger partial charge in [0.05, 0.1) is 12.6 Å². The molecule has 0 aromatic heterocycles. The predicted octanol–water partition coefficient (Wildman–Crippen LogP) is 1.59. The summed E-state index contributed by atoms with van der Waals surface area (Å²) in [6, 6.07) is -0.606. The first kappa shape index (κ1) is 18.1. The summed E-state index contributed by atoms with van der Waals surface area (Å²) >= 11 is 0. The first-order valence-electron chi connectivity index (χ1n) is 7.96. The molecule has 2 rings (SSSR count). The van der Waals surface area contributed by atoms with Gasteiger partial charge >= 0.3 is 0 Å². The van der Waals surface area contributed by atoms with Crippen molar-refractivity contribution in [2.45, 2.75) is 32.7 Å². The smallest absolute Gasteiger partial charge is 0.291 e. The minimum absolute atomic E-state index is 0.0448. The zero-order valence-corrected chi connectivity index (χ0v) is 14.1. The fourth-order valence-corrected chi connectivity index (χ4v) is 2.23. The topological polar surface area (TPSA) is 93.6 Å². The molecule has 1 saturated carbocycles. The van der Waals surface area contributed by atoms with E-state index in [2.05, 4.69) is 18.8 Å². The number of nitrogens with one attached hydrogen (secondary N) is 1. The highest BCUT2D eigenvalue weighted by molar-refractivity contribution is 5.92. The Bertz CT molecular complexity index is 620. The monoisotopic (exact) mass is 336 g/mol. The third-order valence-corrected chi connectivity index (χ3v) is 4.27. The summed E-state index contributed by atoms with van der Waals surface area (Å²) in [6.07, 6.45) is 6.20. The number of ether oxygens (including phenoxy) is 1. The van der Waals surface area contributed by atoms with Gasteiger partial charge in [-0.25, -0.2) is 10.2 Å². The molecule has 0 aliphatic heterocycles. The Hall–Kier alpha value is -2.28. The van der Waals surface area contributed by atoms with E-state index in [1.54, 1.807) is 6.92 Å². The van der Waals surface area contributed by atoms with E-state index in [9.17, 15) is 9.18 Å². The van der Waals surface area contributed by atoms with E-state index in [-0.39, 0.29) is 17.0 Å². The van der Waals surface area contributed by atoms with E-state index in [0.717, 1.165) is 12.8 Å². The third kappa shape index (κ3) is 4.17. The zero-order chi connectivity index (χ0) is 17.9. The van der Waals surface area contributed by atoms with Crippen LogP contribution in [-0.4, -0.2) is 30.1 Å². The highest BCUT2D eigenvalue weighted by atomic mass is 19.1. The molecule has 24 heavy (non-hydrogen) atoms. The van der Waals surface area contributed by atoms with Crippen LogP contribution in [0, 0.1) is 5.41 Å². The van der Waals surface area contributed by atoms with Crippen molar-refractivity contribution in [2.24, 2.45) is 17.0 Å². The summed E-state index contributed by atoms with van der Waals surface area (Å²) in [7, 11) is 0. The summed E-state index contributed by atoms with van der Waals surface area (Å²) < 4.78 is 19.1. The lowest BCUT2D eigenvalue weighted by atomic mass is 10.1. The van der Waals surface area contributed by atoms with Gasteiger partial charge in [0.15, 0.2) is 5.82 Å². The second-order valence-corrected chi connectivity index (χ2v) is 6.45. The largest absolute Gasteiger partial charge is 0.485 e. The number of rotatable bonds is 8. The molecule has 2 aliphatic rings. The molecule has 1 amide bonds. The van der Waals surface area contributed by atoms with Gasteiger partial charge in [-0.15, -0.1) is 0 Å². The number of hydrogen-bond donors (Lipinski definition) is 3. The van der Waals surface area contributed by atoms with Gasteiger partial charge in [0.2, 0.25) is 5.76 Å². The molecule has 2 aliphatic carbocycles. The molecule has 132 valence electrons. The molecule has 0 bridgehead atoms. The minimum atomic E-state index is -0.606. The van der Waals surface area contributed by atoms with Crippen LogP contribution >= 0.6 is 0 Å². The van der Waals surface area contributed by atoms with Crippen LogP contribution in [0.4, 0.5) is 4.39 Å². The highest BCUT2D eigenvalue weighted by Crippen LogP contribution is 2.45. The zero-order valence-electron chi connectivity index (χ0n) is 14.1. The van der Waals surface area contributed by atoms with E-state index in [4.69, 9.17) is 16.3 Å². The van der Waals surface area contributed by atoms with Gasteiger partial charge in [0.1, 0.15) is 5.83 Å². The van der Waals surface area contributed by atoms with Crippen molar-refractivity contribution in [2.75, 3.05) is 13.2 Å². The lowest BCUT2D eigenvalue weighted by Gasteiger charge is -2.22. The molecule has 1 atom stereocenters. The minimum Gasteiger partial charge on any atom is -0.485 e. The standard InChI is InChI=1S/C17H25FN4O2/c1-4-11-8-12(18)9-13(11)21-16(23)14(15(19)22(20)5-2)24-10-17(3)6-7-17/h4,8-9,13H,1,5-7,10,19-20H2,2-3H3,(H,21,23)/b15-14-. The molecule has 7 heteroatoms. The first-order chi connectivity index (χ1) is 11.3. The second-order valence-electron chi connectivity index (χ2n) is 6.45. The average molecular weight is 336 g/mol. The fraction of sp³-hybridized carbons (Fsp3) is 0.471. The lowest BCUT2D eigenvalue weighted by Crippen LogP contribution is -2.41. The number of nitrogens with zero attached hydrogens (tertiary/aromatic N) is 1. The van der Waals surface area contributed by atoms with E-state index in [0.29, 0.717) is 18.7 Å². The van der Waals surface area contributed by atoms with Crippen LogP contribution in [0.1, 0.15) is 26.7 Å².